The summed E-state index contributed by atoms with van der Waals surface area (Å²) >= 11 is 0. The van der Waals surface area contributed by atoms with E-state index in [1.54, 1.807) is 0 Å². The quantitative estimate of drug-likeness (QED) is 0.154. The molecule has 8 aromatic rings. The summed E-state index contributed by atoms with van der Waals surface area (Å²) in [6.07, 6.45) is 0. The molecule has 54 heavy (non-hydrogen) atoms. The highest BCUT2D eigenvalue weighted by Gasteiger charge is 2.19. The minimum Gasteiger partial charge on any atom is -0.326 e. The fraction of sp³-hybridized carbons (Fsp3) is 0.0417. The fourth-order valence-corrected chi connectivity index (χ4v) is 10.9. The molecule has 0 saturated heterocycles. The van der Waals surface area contributed by atoms with Crippen LogP contribution in [0.4, 0.5) is 11.4 Å². The molecule has 2 N–H and O–H groups in total. The molecule has 0 aliphatic rings. The smallest absolute Gasteiger partial charge is 0.221 e. The molecule has 0 aliphatic carbocycles. The van der Waals surface area contributed by atoms with Crippen LogP contribution in [0.3, 0.4) is 0 Å². The van der Waals surface area contributed by atoms with E-state index >= 15 is 0 Å². The number of amides is 2. The number of carbonyl (C=O) groups excluding carboxylic acids is 2. The molecule has 4 nitrogen and oxygen atoms in total. The predicted molar refractivity (Wildman–Crippen MR) is 232 cm³/mol. The lowest BCUT2D eigenvalue weighted by molar-refractivity contribution is -0.115. The lowest BCUT2D eigenvalue weighted by atomic mass is 10.1. The molecular weight excluding hydrogens is 698 g/mol. The van der Waals surface area contributed by atoms with Crippen LogP contribution in [-0.2, 0) is 9.59 Å². The summed E-state index contributed by atoms with van der Waals surface area (Å²) < 4.78 is 0. The number of fused-ring (bicyclic) bond motifs is 2. The highest BCUT2D eigenvalue weighted by atomic mass is 31.1. The van der Waals surface area contributed by atoms with Crippen LogP contribution in [0.1, 0.15) is 13.8 Å². The Morgan fingerprint density at radius 1 is 0.389 bits per heavy atom. The predicted octanol–water partition coefficient (Wildman–Crippen LogP) is 8.71. The van der Waals surface area contributed by atoms with Crippen molar-refractivity contribution in [2.75, 3.05) is 10.6 Å². The lowest BCUT2D eigenvalue weighted by Crippen LogP contribution is -2.20. The van der Waals surface area contributed by atoms with Crippen molar-refractivity contribution in [2.24, 2.45) is 0 Å². The lowest BCUT2D eigenvalue weighted by Gasteiger charge is -2.20. The summed E-state index contributed by atoms with van der Waals surface area (Å²) in [5.41, 5.74) is 1.65. The van der Waals surface area contributed by atoms with Gasteiger partial charge < -0.3 is 10.6 Å². The summed E-state index contributed by atoms with van der Waals surface area (Å²) in [4.78, 5) is 23.0. The molecule has 6 heteroatoms. The minimum atomic E-state index is -0.688. The van der Waals surface area contributed by atoms with E-state index in [9.17, 15) is 9.59 Å². The van der Waals surface area contributed by atoms with Gasteiger partial charge in [-0.2, -0.15) is 0 Å². The molecule has 0 heterocycles. The van der Waals surface area contributed by atoms with Gasteiger partial charge in [0, 0.05) is 36.0 Å². The molecule has 8 rings (SSSR count). The third-order valence-corrected chi connectivity index (χ3v) is 13.5. The standard InChI is InChI=1S/2C24H19NOP/c2*1-18(26)25-24-14-8-9-19-17-22(15-16-23(19)24)27(20-10-4-2-5-11-20)21-12-6-3-7-13-21/h2*2-16H,1H3,(H,25,26). The van der Waals surface area contributed by atoms with Crippen LogP contribution in [0.2, 0.25) is 0 Å². The Morgan fingerprint density at radius 2 is 0.704 bits per heavy atom. The summed E-state index contributed by atoms with van der Waals surface area (Å²) in [6, 6.07) is 69.9. The van der Waals surface area contributed by atoms with Crippen molar-refractivity contribution >= 4 is 92.4 Å². The molecule has 262 valence electrons. The monoisotopic (exact) mass is 736 g/mol. The third kappa shape index (κ3) is 8.64. The van der Waals surface area contributed by atoms with Gasteiger partial charge in [-0.3, -0.25) is 9.59 Å². The molecule has 8 aromatic carbocycles. The van der Waals surface area contributed by atoms with Crippen molar-refractivity contribution in [2.45, 2.75) is 13.8 Å². The van der Waals surface area contributed by atoms with E-state index < -0.39 is 15.8 Å². The summed E-state index contributed by atoms with van der Waals surface area (Å²) in [6.45, 7) is 3.06. The van der Waals surface area contributed by atoms with Gasteiger partial charge in [0.1, 0.15) is 0 Å². The maximum absolute atomic E-state index is 11.5. The molecule has 0 fully saturated rings. The van der Waals surface area contributed by atoms with Gasteiger partial charge in [0.2, 0.25) is 11.8 Å². The number of rotatable bonds is 8. The Labute approximate surface area is 319 Å². The summed E-state index contributed by atoms with van der Waals surface area (Å²) in [7, 11) is -1.38. The van der Waals surface area contributed by atoms with E-state index in [4.69, 9.17) is 0 Å². The average molecular weight is 737 g/mol. The molecule has 2 radical (unpaired) electrons. The van der Waals surface area contributed by atoms with Crippen LogP contribution < -0.4 is 42.5 Å². The first kappa shape index (κ1) is 36.4. The van der Waals surface area contributed by atoms with Crippen LogP contribution in [0.15, 0.2) is 182 Å². The largest absolute Gasteiger partial charge is 0.326 e. The first-order valence-electron chi connectivity index (χ1n) is 17.7. The topological polar surface area (TPSA) is 58.2 Å². The molecule has 0 bridgehead atoms. The van der Waals surface area contributed by atoms with Gasteiger partial charge in [0.15, 0.2) is 0 Å². The Hall–Kier alpha value is -5.92. The fourth-order valence-electron chi connectivity index (χ4n) is 6.41. The minimum absolute atomic E-state index is 0.0672. The van der Waals surface area contributed by atoms with Crippen molar-refractivity contribution in [3.8, 4) is 0 Å². The van der Waals surface area contributed by atoms with E-state index in [1.165, 1.54) is 45.7 Å². The number of nitrogens with one attached hydrogen (secondary N) is 2. The Morgan fingerprint density at radius 3 is 1.00 bits per heavy atom. The first-order chi connectivity index (χ1) is 26.4. The second-order valence-electron chi connectivity index (χ2n) is 12.6. The van der Waals surface area contributed by atoms with Crippen LogP contribution in [0.25, 0.3) is 21.5 Å². The molecular formula is C48H38N2O2P2. The van der Waals surface area contributed by atoms with Gasteiger partial charge in [-0.25, -0.2) is 0 Å². The molecule has 0 aromatic heterocycles. The Balaban J connectivity index is 0.000000167. The zero-order chi connectivity index (χ0) is 37.3. The third-order valence-electron chi connectivity index (χ3n) is 8.71. The number of benzene rings is 8. The van der Waals surface area contributed by atoms with Crippen LogP contribution in [-0.4, -0.2) is 11.8 Å². The Kier molecular flexibility index (Phi) is 11.7. The van der Waals surface area contributed by atoms with Crippen molar-refractivity contribution in [3.63, 3.8) is 0 Å². The van der Waals surface area contributed by atoms with Gasteiger partial charge in [0.25, 0.3) is 0 Å². The van der Waals surface area contributed by atoms with Gasteiger partial charge >= 0.3 is 0 Å². The zero-order valence-corrected chi connectivity index (χ0v) is 31.8. The second kappa shape index (κ2) is 17.3. The summed E-state index contributed by atoms with van der Waals surface area (Å²) in [5, 5.41) is 17.4. The van der Waals surface area contributed by atoms with E-state index in [2.05, 4.69) is 144 Å². The second-order valence-corrected chi connectivity index (χ2v) is 17.0. The van der Waals surface area contributed by atoms with Crippen molar-refractivity contribution in [1.29, 1.82) is 0 Å². The first-order valence-corrected chi connectivity index (χ1v) is 20.4. The van der Waals surface area contributed by atoms with E-state index in [-0.39, 0.29) is 11.8 Å². The van der Waals surface area contributed by atoms with Crippen LogP contribution >= 0.6 is 15.8 Å². The zero-order valence-electron chi connectivity index (χ0n) is 30.0. The molecule has 0 aliphatic heterocycles. The molecule has 0 atom stereocenters. The van der Waals surface area contributed by atoms with Gasteiger partial charge in [-0.05, 0) is 82.7 Å². The SMILES string of the molecule is CC(=O)Nc1cccc2[c]c(P(c3ccccc3)c3ccccc3)ccc12.CC(=O)Nc1cccc2[c]c(P(c3ccccc3)c3ccccc3)ccc12. The highest BCUT2D eigenvalue weighted by Crippen LogP contribution is 2.36. The Bertz CT molecular complexity index is 2250. The van der Waals surface area contributed by atoms with Crippen LogP contribution in [0, 0.1) is 12.1 Å². The highest BCUT2D eigenvalue weighted by molar-refractivity contribution is 7.80. The van der Waals surface area contributed by atoms with Gasteiger partial charge in [0.05, 0.1) is 0 Å². The van der Waals surface area contributed by atoms with Crippen molar-refractivity contribution in [3.05, 3.63) is 194 Å². The molecule has 0 unspecified atom stereocenters. The van der Waals surface area contributed by atoms with E-state index in [1.807, 2.05) is 60.7 Å². The normalized spacial score (nSPS) is 10.9. The van der Waals surface area contributed by atoms with E-state index in [0.717, 1.165) is 32.9 Å². The number of hydrogen-bond acceptors (Lipinski definition) is 2. The molecule has 0 saturated carbocycles. The summed E-state index contributed by atoms with van der Waals surface area (Å²) in [5.74, 6) is -0.134. The van der Waals surface area contributed by atoms with E-state index in [0.29, 0.717) is 0 Å². The number of hydrogen-bond donors (Lipinski definition) is 2. The van der Waals surface area contributed by atoms with Crippen molar-refractivity contribution in [1.82, 2.24) is 0 Å². The molecule has 0 spiro atoms. The van der Waals surface area contributed by atoms with Crippen molar-refractivity contribution < 1.29 is 9.59 Å². The maximum Gasteiger partial charge on any atom is 0.221 e. The molecule has 2 amide bonds. The number of anilines is 2. The van der Waals surface area contributed by atoms with Gasteiger partial charge in [-0.15, -0.1) is 0 Å². The number of carbonyl (C=O) groups is 2. The van der Waals surface area contributed by atoms with Gasteiger partial charge in [-0.1, -0.05) is 170 Å². The van der Waals surface area contributed by atoms with Crippen LogP contribution in [0.5, 0.6) is 0 Å². The average Bonchev–Trinajstić information content (AvgIpc) is 3.20. The maximum atomic E-state index is 11.5.